The highest BCUT2D eigenvalue weighted by molar-refractivity contribution is 5.85. The van der Waals surface area contributed by atoms with Crippen LogP contribution < -0.4 is 0 Å². The molecule has 0 aliphatic heterocycles. The number of hydrogen-bond acceptors (Lipinski definition) is 5. The van der Waals surface area contributed by atoms with E-state index in [0.717, 1.165) is 38.9 Å². The van der Waals surface area contributed by atoms with Gasteiger partial charge in [0.05, 0.1) is 0 Å². The molecule has 5 nitrogen and oxygen atoms in total. The molecule has 0 aromatic carbocycles. The van der Waals surface area contributed by atoms with Crippen LogP contribution in [0.4, 0.5) is 0 Å². The molecule has 0 fully saturated rings. The molecule has 0 saturated carbocycles. The SMILES string of the molecule is CCCCCCCCOCCCCC(=O)OC(=O)CCCCOCCCCCCCC. The Balaban J connectivity index is 3.31. The Labute approximate surface area is 192 Å². The van der Waals surface area contributed by atoms with Crippen molar-refractivity contribution in [3.63, 3.8) is 0 Å². The van der Waals surface area contributed by atoms with Crippen LogP contribution in [0.1, 0.15) is 129 Å². The molecule has 0 aliphatic rings. The van der Waals surface area contributed by atoms with Crippen molar-refractivity contribution in [3.05, 3.63) is 0 Å². The number of ether oxygens (including phenoxy) is 3. The summed E-state index contributed by atoms with van der Waals surface area (Å²) in [6.45, 7) is 7.41. The molecule has 0 aromatic rings. The lowest BCUT2D eigenvalue weighted by atomic mass is 10.1. The smallest absolute Gasteiger partial charge is 0.313 e. The molecule has 0 bridgehead atoms. The third-order valence-corrected chi connectivity index (χ3v) is 5.35. The molecule has 0 spiro atoms. The van der Waals surface area contributed by atoms with E-state index < -0.39 is 11.9 Å². The second-order valence-electron chi connectivity index (χ2n) is 8.52. The van der Waals surface area contributed by atoms with Crippen molar-refractivity contribution in [3.8, 4) is 0 Å². The Kier molecular flexibility index (Phi) is 24.6. The zero-order chi connectivity index (χ0) is 22.8. The maximum Gasteiger partial charge on any atom is 0.313 e. The van der Waals surface area contributed by atoms with Crippen LogP contribution in [0, 0.1) is 0 Å². The number of carbonyl (C=O) groups is 2. The summed E-state index contributed by atoms with van der Waals surface area (Å²) in [4.78, 5) is 23.4. The normalized spacial score (nSPS) is 11.0. The average Bonchev–Trinajstić information content (AvgIpc) is 2.75. The number of hydrogen-bond donors (Lipinski definition) is 0. The quantitative estimate of drug-likeness (QED) is 0.0902. The molecule has 0 N–H and O–H groups in total. The van der Waals surface area contributed by atoms with Gasteiger partial charge in [-0.25, -0.2) is 0 Å². The van der Waals surface area contributed by atoms with Gasteiger partial charge in [-0.1, -0.05) is 78.1 Å². The fourth-order valence-corrected chi connectivity index (χ4v) is 3.35. The van der Waals surface area contributed by atoms with Gasteiger partial charge in [0.25, 0.3) is 0 Å². The average molecular weight is 443 g/mol. The van der Waals surface area contributed by atoms with Crippen molar-refractivity contribution < 1.29 is 23.8 Å². The van der Waals surface area contributed by atoms with Gasteiger partial charge in [0.2, 0.25) is 0 Å². The van der Waals surface area contributed by atoms with Crippen LogP contribution in [0.25, 0.3) is 0 Å². The monoisotopic (exact) mass is 442 g/mol. The molecule has 0 amide bonds. The Morgan fingerprint density at radius 2 is 0.774 bits per heavy atom. The minimum atomic E-state index is -0.416. The largest absolute Gasteiger partial charge is 0.393 e. The first-order valence-corrected chi connectivity index (χ1v) is 13.1. The molecule has 184 valence electrons. The Morgan fingerprint density at radius 1 is 0.452 bits per heavy atom. The van der Waals surface area contributed by atoms with E-state index in [1.54, 1.807) is 0 Å². The lowest BCUT2D eigenvalue weighted by Crippen LogP contribution is -2.12. The molecule has 0 aliphatic carbocycles. The molecule has 0 aromatic heterocycles. The fraction of sp³-hybridized carbons (Fsp3) is 0.923. The highest BCUT2D eigenvalue weighted by atomic mass is 16.6. The lowest BCUT2D eigenvalue weighted by molar-refractivity contribution is -0.159. The Hall–Kier alpha value is -0.940. The molecule has 0 unspecified atom stereocenters. The van der Waals surface area contributed by atoms with Crippen LogP contribution in [0.2, 0.25) is 0 Å². The molecule has 0 saturated heterocycles. The van der Waals surface area contributed by atoms with Crippen LogP contribution in [0.5, 0.6) is 0 Å². The summed E-state index contributed by atoms with van der Waals surface area (Å²) in [6, 6.07) is 0. The second-order valence-corrected chi connectivity index (χ2v) is 8.52. The standard InChI is InChI=1S/C26H50O5/c1-3-5-7-9-11-15-21-29-23-17-13-19-25(27)31-26(28)20-14-18-24-30-22-16-12-10-8-6-4-2/h3-24H2,1-2H3. The van der Waals surface area contributed by atoms with Crippen LogP contribution in [0.15, 0.2) is 0 Å². The first-order chi connectivity index (χ1) is 15.2. The number of carbonyl (C=O) groups excluding carboxylic acids is 2. The summed E-state index contributed by atoms with van der Waals surface area (Å²) in [5.74, 6) is -0.833. The van der Waals surface area contributed by atoms with E-state index in [9.17, 15) is 9.59 Å². The van der Waals surface area contributed by atoms with E-state index in [4.69, 9.17) is 14.2 Å². The Bertz CT molecular complexity index is 361. The molecule has 0 rings (SSSR count). The molecule has 31 heavy (non-hydrogen) atoms. The zero-order valence-electron chi connectivity index (χ0n) is 20.6. The zero-order valence-corrected chi connectivity index (χ0v) is 20.6. The molecular formula is C26H50O5. The lowest BCUT2D eigenvalue weighted by Gasteiger charge is -2.06. The van der Waals surface area contributed by atoms with Crippen LogP contribution >= 0.6 is 0 Å². The molecule has 0 atom stereocenters. The van der Waals surface area contributed by atoms with Crippen molar-refractivity contribution in [1.82, 2.24) is 0 Å². The predicted octanol–water partition coefficient (Wildman–Crippen LogP) is 7.15. The van der Waals surface area contributed by atoms with Crippen molar-refractivity contribution >= 4 is 11.9 Å². The summed E-state index contributed by atoms with van der Waals surface area (Å²) < 4.78 is 16.1. The van der Waals surface area contributed by atoms with E-state index >= 15 is 0 Å². The summed E-state index contributed by atoms with van der Waals surface area (Å²) in [5.41, 5.74) is 0. The Morgan fingerprint density at radius 3 is 1.16 bits per heavy atom. The maximum atomic E-state index is 11.7. The van der Waals surface area contributed by atoms with E-state index in [2.05, 4.69) is 13.8 Å². The van der Waals surface area contributed by atoms with Gasteiger partial charge in [0, 0.05) is 39.3 Å². The topological polar surface area (TPSA) is 61.8 Å². The van der Waals surface area contributed by atoms with E-state index in [1.165, 1.54) is 64.2 Å². The van der Waals surface area contributed by atoms with Gasteiger partial charge in [-0.05, 0) is 38.5 Å². The van der Waals surface area contributed by atoms with Crippen molar-refractivity contribution in [2.75, 3.05) is 26.4 Å². The summed E-state index contributed by atoms with van der Waals surface area (Å²) in [6.07, 6.45) is 18.8. The third-order valence-electron chi connectivity index (χ3n) is 5.35. The highest BCUT2D eigenvalue weighted by Crippen LogP contribution is 2.07. The van der Waals surface area contributed by atoms with Gasteiger partial charge in [-0.2, -0.15) is 0 Å². The van der Waals surface area contributed by atoms with E-state index in [0.29, 0.717) is 26.1 Å². The van der Waals surface area contributed by atoms with Crippen LogP contribution in [-0.2, 0) is 23.8 Å². The molecule has 0 heterocycles. The maximum absolute atomic E-state index is 11.7. The van der Waals surface area contributed by atoms with Gasteiger partial charge in [0.1, 0.15) is 0 Å². The van der Waals surface area contributed by atoms with Gasteiger partial charge >= 0.3 is 11.9 Å². The summed E-state index contributed by atoms with van der Waals surface area (Å²) >= 11 is 0. The number of esters is 2. The van der Waals surface area contributed by atoms with Crippen LogP contribution in [0.3, 0.4) is 0 Å². The van der Waals surface area contributed by atoms with Crippen molar-refractivity contribution in [2.24, 2.45) is 0 Å². The summed E-state index contributed by atoms with van der Waals surface area (Å²) in [7, 11) is 0. The minimum Gasteiger partial charge on any atom is -0.393 e. The fourth-order valence-electron chi connectivity index (χ4n) is 3.35. The van der Waals surface area contributed by atoms with Gasteiger partial charge in [-0.3, -0.25) is 9.59 Å². The third kappa shape index (κ3) is 25.2. The van der Waals surface area contributed by atoms with Crippen LogP contribution in [-0.4, -0.2) is 38.4 Å². The molecule has 5 heteroatoms. The van der Waals surface area contributed by atoms with Crippen molar-refractivity contribution in [2.45, 2.75) is 129 Å². The molecular weight excluding hydrogens is 392 g/mol. The number of unbranched alkanes of at least 4 members (excludes halogenated alkanes) is 12. The first-order valence-electron chi connectivity index (χ1n) is 13.1. The number of rotatable bonds is 24. The first kappa shape index (κ1) is 30.1. The molecule has 0 radical (unpaired) electrons. The minimum absolute atomic E-state index is 0.285. The van der Waals surface area contributed by atoms with Gasteiger partial charge in [-0.15, -0.1) is 0 Å². The van der Waals surface area contributed by atoms with Gasteiger partial charge in [0.15, 0.2) is 0 Å². The summed E-state index contributed by atoms with van der Waals surface area (Å²) in [5, 5.41) is 0. The van der Waals surface area contributed by atoms with Crippen molar-refractivity contribution in [1.29, 1.82) is 0 Å². The highest BCUT2D eigenvalue weighted by Gasteiger charge is 2.10. The van der Waals surface area contributed by atoms with E-state index in [1.807, 2.05) is 0 Å². The van der Waals surface area contributed by atoms with E-state index in [-0.39, 0.29) is 12.8 Å². The second kappa shape index (κ2) is 25.3. The van der Waals surface area contributed by atoms with Gasteiger partial charge < -0.3 is 14.2 Å². The predicted molar refractivity (Wildman–Crippen MR) is 127 cm³/mol.